The average molecular weight is 426 g/mol. The topological polar surface area (TPSA) is 40.6 Å². The van der Waals surface area contributed by atoms with Crippen molar-refractivity contribution < 1.29 is 14.0 Å². The minimum Gasteiger partial charge on any atom is -0.328 e. The fourth-order valence-corrected chi connectivity index (χ4v) is 3.54. The van der Waals surface area contributed by atoms with E-state index in [1.165, 1.54) is 28.0 Å². The fourth-order valence-electron chi connectivity index (χ4n) is 2.83. The van der Waals surface area contributed by atoms with E-state index in [-0.39, 0.29) is 11.6 Å². The summed E-state index contributed by atoms with van der Waals surface area (Å²) in [5.41, 5.74) is 2.24. The zero-order valence-corrected chi connectivity index (χ0v) is 15.8. The Balaban J connectivity index is 1.78. The molecule has 2 amide bonds. The molecule has 0 atom stereocenters. The Hall–Kier alpha value is -1.92. The van der Waals surface area contributed by atoms with Gasteiger partial charge in [0.15, 0.2) is 0 Å². The van der Waals surface area contributed by atoms with Crippen LogP contribution in [0.4, 0.5) is 10.1 Å². The predicted molar refractivity (Wildman–Crippen MR) is 98.1 cm³/mol. The molecule has 7 heteroatoms. The van der Waals surface area contributed by atoms with E-state index in [4.69, 9.17) is 11.6 Å². The first-order chi connectivity index (χ1) is 11.9. The summed E-state index contributed by atoms with van der Waals surface area (Å²) in [5.74, 6) is -1.60. The van der Waals surface area contributed by atoms with Crippen molar-refractivity contribution in [3.63, 3.8) is 0 Å². The summed E-state index contributed by atoms with van der Waals surface area (Å²) in [7, 11) is 0. The maximum absolute atomic E-state index is 13.1. The molecule has 0 aliphatic carbocycles. The van der Waals surface area contributed by atoms with Crippen LogP contribution in [0, 0.1) is 12.7 Å². The molecule has 0 N–H and O–H groups in total. The van der Waals surface area contributed by atoms with Crippen molar-refractivity contribution in [2.45, 2.75) is 13.5 Å². The Morgan fingerprint density at radius 3 is 2.56 bits per heavy atom. The standard InChI is InChI=1S/C18H15BrClFN2O2/c1-11-8-13(19)3-5-16(11)23-7-6-22(17(24)18(23)25)10-12-2-4-14(21)9-15(12)20/h2-5,8-9H,6-7,10H2,1H3. The van der Waals surface area contributed by atoms with E-state index in [1.807, 2.05) is 25.1 Å². The zero-order valence-electron chi connectivity index (χ0n) is 13.4. The molecule has 1 saturated heterocycles. The molecule has 0 radical (unpaired) electrons. The van der Waals surface area contributed by atoms with Crippen LogP contribution in [0.25, 0.3) is 0 Å². The van der Waals surface area contributed by atoms with Crippen LogP contribution in [0.1, 0.15) is 11.1 Å². The number of nitrogens with zero attached hydrogens (tertiary/aromatic N) is 2. The second kappa shape index (κ2) is 7.14. The van der Waals surface area contributed by atoms with E-state index in [9.17, 15) is 14.0 Å². The molecular formula is C18H15BrClFN2O2. The lowest BCUT2D eigenvalue weighted by molar-refractivity contribution is -0.146. The smallest absolute Gasteiger partial charge is 0.316 e. The van der Waals surface area contributed by atoms with Crippen LogP contribution in [0.2, 0.25) is 5.02 Å². The number of carbonyl (C=O) groups is 2. The van der Waals surface area contributed by atoms with Crippen molar-refractivity contribution in [1.29, 1.82) is 0 Å². The van der Waals surface area contributed by atoms with Crippen LogP contribution < -0.4 is 4.90 Å². The summed E-state index contributed by atoms with van der Waals surface area (Å²) in [6.07, 6.45) is 0. The molecule has 0 spiro atoms. The molecule has 0 unspecified atom stereocenters. The van der Waals surface area contributed by atoms with Crippen molar-refractivity contribution >= 4 is 45.0 Å². The Labute approximate surface area is 158 Å². The van der Waals surface area contributed by atoms with Crippen LogP contribution in [-0.2, 0) is 16.1 Å². The summed E-state index contributed by atoms with van der Waals surface area (Å²) in [6, 6.07) is 9.57. The number of benzene rings is 2. The zero-order chi connectivity index (χ0) is 18.1. The van der Waals surface area contributed by atoms with E-state index < -0.39 is 17.6 Å². The highest BCUT2D eigenvalue weighted by Gasteiger charge is 2.34. The number of rotatable bonds is 3. The third-order valence-electron chi connectivity index (χ3n) is 4.13. The van der Waals surface area contributed by atoms with Gasteiger partial charge in [0.2, 0.25) is 0 Å². The lowest BCUT2D eigenvalue weighted by Gasteiger charge is -2.34. The first kappa shape index (κ1) is 17.9. The number of aryl methyl sites for hydroxylation is 1. The van der Waals surface area contributed by atoms with E-state index in [1.54, 1.807) is 0 Å². The second-order valence-electron chi connectivity index (χ2n) is 5.85. The number of hydrogen-bond acceptors (Lipinski definition) is 2. The first-order valence-electron chi connectivity index (χ1n) is 7.67. The summed E-state index contributed by atoms with van der Waals surface area (Å²) in [6.45, 7) is 2.85. The molecule has 0 saturated carbocycles. The van der Waals surface area contributed by atoms with Gasteiger partial charge in [0, 0.05) is 34.8 Å². The summed E-state index contributed by atoms with van der Waals surface area (Å²) in [4.78, 5) is 27.9. The molecule has 1 aliphatic heterocycles. The van der Waals surface area contributed by atoms with Gasteiger partial charge in [-0.1, -0.05) is 33.6 Å². The third kappa shape index (κ3) is 3.70. The van der Waals surface area contributed by atoms with Gasteiger partial charge in [0.05, 0.1) is 0 Å². The number of hydrogen-bond donors (Lipinski definition) is 0. The SMILES string of the molecule is Cc1cc(Br)ccc1N1CCN(Cc2ccc(F)cc2Cl)C(=O)C1=O. The minimum absolute atomic E-state index is 0.177. The Morgan fingerprint density at radius 1 is 1.12 bits per heavy atom. The average Bonchev–Trinajstić information content (AvgIpc) is 2.55. The molecular weight excluding hydrogens is 411 g/mol. The monoisotopic (exact) mass is 424 g/mol. The van der Waals surface area contributed by atoms with Gasteiger partial charge in [-0.3, -0.25) is 9.59 Å². The lowest BCUT2D eigenvalue weighted by atomic mass is 10.1. The Kier molecular flexibility index (Phi) is 5.11. The molecule has 1 aliphatic rings. The predicted octanol–water partition coefficient (Wildman–Crippen LogP) is 3.93. The largest absolute Gasteiger partial charge is 0.328 e. The van der Waals surface area contributed by atoms with Gasteiger partial charge in [-0.15, -0.1) is 0 Å². The van der Waals surface area contributed by atoms with Crippen LogP contribution in [0.3, 0.4) is 0 Å². The maximum Gasteiger partial charge on any atom is 0.316 e. The summed E-state index contributed by atoms with van der Waals surface area (Å²) in [5, 5.41) is 0.242. The van der Waals surface area contributed by atoms with E-state index in [2.05, 4.69) is 15.9 Å². The highest BCUT2D eigenvalue weighted by molar-refractivity contribution is 9.10. The Bertz CT molecular complexity index is 859. The second-order valence-corrected chi connectivity index (χ2v) is 7.17. The van der Waals surface area contributed by atoms with Crippen LogP contribution in [0.5, 0.6) is 0 Å². The first-order valence-corrected chi connectivity index (χ1v) is 8.85. The minimum atomic E-state index is -0.589. The fraction of sp³-hybridized carbons (Fsp3) is 0.222. The molecule has 130 valence electrons. The van der Waals surface area contributed by atoms with Crippen molar-refractivity contribution in [2.24, 2.45) is 0 Å². The highest BCUT2D eigenvalue weighted by Crippen LogP contribution is 2.26. The number of carbonyl (C=O) groups excluding carboxylic acids is 2. The molecule has 2 aromatic carbocycles. The summed E-state index contributed by atoms with van der Waals surface area (Å²) < 4.78 is 14.1. The Morgan fingerprint density at radius 2 is 1.88 bits per heavy atom. The number of amides is 2. The molecule has 2 aromatic rings. The van der Waals surface area contributed by atoms with Gasteiger partial charge in [0.1, 0.15) is 5.82 Å². The van der Waals surface area contributed by atoms with E-state index in [0.29, 0.717) is 18.7 Å². The van der Waals surface area contributed by atoms with Crippen molar-refractivity contribution in [1.82, 2.24) is 4.90 Å². The third-order valence-corrected chi connectivity index (χ3v) is 4.98. The van der Waals surface area contributed by atoms with Crippen LogP contribution in [-0.4, -0.2) is 29.8 Å². The van der Waals surface area contributed by atoms with Gasteiger partial charge >= 0.3 is 11.8 Å². The van der Waals surface area contributed by atoms with Gasteiger partial charge in [-0.2, -0.15) is 0 Å². The van der Waals surface area contributed by atoms with Gasteiger partial charge in [0.25, 0.3) is 0 Å². The normalized spacial score (nSPS) is 15.0. The molecule has 1 fully saturated rings. The number of halogens is 3. The molecule has 1 heterocycles. The molecule has 3 rings (SSSR count). The van der Waals surface area contributed by atoms with E-state index >= 15 is 0 Å². The molecule has 4 nitrogen and oxygen atoms in total. The van der Waals surface area contributed by atoms with E-state index in [0.717, 1.165) is 15.7 Å². The van der Waals surface area contributed by atoms with Gasteiger partial charge < -0.3 is 9.80 Å². The van der Waals surface area contributed by atoms with Crippen LogP contribution in [0.15, 0.2) is 40.9 Å². The van der Waals surface area contributed by atoms with Crippen LogP contribution >= 0.6 is 27.5 Å². The summed E-state index contributed by atoms with van der Waals surface area (Å²) >= 11 is 9.40. The van der Waals surface area contributed by atoms with Crippen molar-refractivity contribution in [2.75, 3.05) is 18.0 Å². The highest BCUT2D eigenvalue weighted by atomic mass is 79.9. The lowest BCUT2D eigenvalue weighted by Crippen LogP contribution is -2.54. The van der Waals surface area contributed by atoms with Gasteiger partial charge in [-0.05, 0) is 48.4 Å². The molecule has 0 aromatic heterocycles. The molecule has 25 heavy (non-hydrogen) atoms. The van der Waals surface area contributed by atoms with Gasteiger partial charge in [-0.25, -0.2) is 4.39 Å². The van der Waals surface area contributed by atoms with Crippen molar-refractivity contribution in [3.05, 3.63) is 62.8 Å². The van der Waals surface area contributed by atoms with Crippen molar-refractivity contribution in [3.8, 4) is 0 Å². The number of anilines is 1. The number of piperazine rings is 1. The molecule has 0 bridgehead atoms. The quantitative estimate of drug-likeness (QED) is 0.699. The maximum atomic E-state index is 13.1.